The molecule has 4 aromatic rings. The molecular formula is C56H67Cl2F3N4O6. The molecule has 71 heavy (non-hydrogen) atoms. The molecule has 4 heterocycles. The Bertz CT molecular complexity index is 2390. The van der Waals surface area contributed by atoms with Gasteiger partial charge >= 0.3 is 0 Å². The second-order valence-corrected chi connectivity index (χ2v) is 20.1. The van der Waals surface area contributed by atoms with Gasteiger partial charge in [0.05, 0.1) is 36.5 Å². The van der Waals surface area contributed by atoms with E-state index < -0.39 is 23.6 Å². The van der Waals surface area contributed by atoms with Crippen molar-refractivity contribution in [2.75, 3.05) is 79.7 Å². The number of methoxy groups -OCH3 is 2. The minimum Gasteiger partial charge on any atom is -0.497 e. The number of piperidine rings is 4. The zero-order chi connectivity index (χ0) is 50.4. The number of carbonyl (C=O) groups excluding carboxylic acids is 2. The zero-order valence-corrected chi connectivity index (χ0v) is 42.2. The fraction of sp³-hybridized carbons (Fsp3) is 0.464. The summed E-state index contributed by atoms with van der Waals surface area (Å²) in [5.41, 5.74) is 3.63. The Labute approximate surface area is 426 Å². The van der Waals surface area contributed by atoms with Crippen LogP contribution >= 0.6 is 23.2 Å². The number of aliphatic hydroxyl groups is 2. The molecule has 2 amide bonds. The van der Waals surface area contributed by atoms with Crippen LogP contribution in [0, 0.1) is 29.3 Å². The third-order valence-electron chi connectivity index (χ3n) is 14.8. The fourth-order valence-electron chi connectivity index (χ4n) is 10.3. The lowest BCUT2D eigenvalue weighted by Gasteiger charge is -2.38. The first kappa shape index (κ1) is 53.9. The maximum atomic E-state index is 13.4. The number of β-amino-alcohol motifs (C(OH)–C–C–N with tert-alkyl or cyclic N) is 2. The van der Waals surface area contributed by atoms with Crippen molar-refractivity contribution < 1.29 is 42.4 Å². The summed E-state index contributed by atoms with van der Waals surface area (Å²) >= 11 is 12.0. The molecule has 10 nitrogen and oxygen atoms in total. The SMILES string of the molecule is COc1ccc(C2CCN(CC(O)C3CCN(C(=O)/C=C/c4cc(F)c(F)c(F)c4)CC3)CC2)cc1.COc1ccc(C2CCN(CC(O)C3CCN(C(=O)/C=C/c4ccc(Cl)c(Cl)c4)CC3)CC2)cc1. The number of benzene rings is 4. The van der Waals surface area contributed by atoms with E-state index in [0.717, 1.165) is 93.9 Å². The van der Waals surface area contributed by atoms with Crippen LogP contribution in [0.15, 0.2) is 91.0 Å². The van der Waals surface area contributed by atoms with Crippen molar-refractivity contribution in [2.45, 2.75) is 75.4 Å². The van der Waals surface area contributed by atoms with Gasteiger partial charge in [0.25, 0.3) is 0 Å². The second kappa shape index (κ2) is 26.2. The van der Waals surface area contributed by atoms with E-state index in [1.807, 2.05) is 35.2 Å². The fourth-order valence-corrected chi connectivity index (χ4v) is 10.6. The van der Waals surface area contributed by atoms with E-state index in [9.17, 15) is 33.0 Å². The van der Waals surface area contributed by atoms with E-state index in [2.05, 4.69) is 34.1 Å². The van der Waals surface area contributed by atoms with Crippen molar-refractivity contribution >= 4 is 47.2 Å². The highest BCUT2D eigenvalue weighted by Crippen LogP contribution is 2.33. The predicted octanol–water partition coefficient (Wildman–Crippen LogP) is 10.1. The average molecular weight is 1020 g/mol. The molecule has 2 N–H and O–H groups in total. The van der Waals surface area contributed by atoms with E-state index in [1.54, 1.807) is 43.4 Å². The normalized spacial score (nSPS) is 19.2. The highest BCUT2D eigenvalue weighted by molar-refractivity contribution is 6.42. The van der Waals surface area contributed by atoms with E-state index in [0.29, 0.717) is 74.0 Å². The van der Waals surface area contributed by atoms with Crippen LogP contribution in [0.25, 0.3) is 12.2 Å². The van der Waals surface area contributed by atoms with Crippen molar-refractivity contribution in [3.05, 3.63) is 141 Å². The minimum absolute atomic E-state index is 0.00961. The molecule has 4 saturated heterocycles. The second-order valence-electron chi connectivity index (χ2n) is 19.3. The number of carbonyl (C=O) groups is 2. The monoisotopic (exact) mass is 1020 g/mol. The summed E-state index contributed by atoms with van der Waals surface area (Å²) in [4.78, 5) is 33.3. The zero-order valence-electron chi connectivity index (χ0n) is 40.7. The summed E-state index contributed by atoms with van der Waals surface area (Å²) < 4.78 is 50.3. The third-order valence-corrected chi connectivity index (χ3v) is 15.6. The average Bonchev–Trinajstić information content (AvgIpc) is 3.40. The molecule has 15 heteroatoms. The largest absolute Gasteiger partial charge is 0.497 e. The van der Waals surface area contributed by atoms with Gasteiger partial charge in [0.2, 0.25) is 11.8 Å². The lowest BCUT2D eigenvalue weighted by molar-refractivity contribution is -0.128. The standard InChI is InChI=1S/C28H34Cl2N2O3.C28H33F3N2O3/c1-35-24-6-4-21(5-7-24)22-10-14-31(15-11-22)19-27(33)23-12-16-32(17-13-23)28(34)9-3-20-2-8-25(29)26(30)18-20;1-36-23-5-3-20(4-6-23)21-8-12-32(13-9-21)18-26(34)22-10-14-33(15-11-22)27(35)7-2-19-16-24(29)28(31)25(30)17-19/h2-9,18,22-23,27,33H,10-17,19H2,1H3;2-7,16-17,21-22,26,34H,8-15,18H2,1H3/b9-3+;7-2+. The summed E-state index contributed by atoms with van der Waals surface area (Å²) in [6.07, 6.45) is 12.5. The van der Waals surface area contributed by atoms with E-state index >= 15 is 0 Å². The molecule has 0 aliphatic carbocycles. The molecule has 0 saturated carbocycles. The molecule has 0 aromatic heterocycles. The van der Waals surface area contributed by atoms with Crippen LogP contribution in [0.5, 0.6) is 11.5 Å². The molecule has 2 atom stereocenters. The molecular weight excluding hydrogens is 953 g/mol. The van der Waals surface area contributed by atoms with Gasteiger partial charge in [-0.2, -0.15) is 0 Å². The molecule has 382 valence electrons. The number of likely N-dealkylation sites (tertiary alicyclic amines) is 4. The predicted molar refractivity (Wildman–Crippen MR) is 274 cm³/mol. The third kappa shape index (κ3) is 15.3. The minimum atomic E-state index is -1.53. The van der Waals surface area contributed by atoms with Gasteiger partial charge in [-0.15, -0.1) is 0 Å². The number of nitrogens with zero attached hydrogens (tertiary/aromatic N) is 4. The van der Waals surface area contributed by atoms with E-state index in [4.69, 9.17) is 32.7 Å². The first-order chi connectivity index (χ1) is 34.3. The number of ether oxygens (including phenoxy) is 2. The number of amides is 2. The first-order valence-corrected chi connectivity index (χ1v) is 25.6. The first-order valence-electron chi connectivity index (χ1n) is 24.9. The quantitative estimate of drug-likeness (QED) is 0.0951. The molecule has 2 unspecified atom stereocenters. The summed E-state index contributed by atoms with van der Waals surface area (Å²) in [6.45, 7) is 7.61. The molecule has 4 aromatic carbocycles. The molecule has 4 aliphatic heterocycles. The van der Waals surface area contributed by atoms with Gasteiger partial charge in [0.15, 0.2) is 17.5 Å². The Morgan fingerprint density at radius 2 is 0.958 bits per heavy atom. The highest BCUT2D eigenvalue weighted by Gasteiger charge is 2.31. The van der Waals surface area contributed by atoms with Crippen LogP contribution in [-0.4, -0.2) is 134 Å². The maximum Gasteiger partial charge on any atom is 0.246 e. The summed E-state index contributed by atoms with van der Waals surface area (Å²) in [6, 6.07) is 23.7. The molecule has 8 rings (SSSR count). The van der Waals surface area contributed by atoms with E-state index in [1.165, 1.54) is 23.3 Å². The van der Waals surface area contributed by atoms with Crippen LogP contribution in [0.4, 0.5) is 13.2 Å². The van der Waals surface area contributed by atoms with Crippen molar-refractivity contribution in [3.8, 4) is 11.5 Å². The summed E-state index contributed by atoms with van der Waals surface area (Å²) in [5, 5.41) is 22.7. The Balaban J connectivity index is 0.000000209. The Hall–Kier alpha value is -4.89. The highest BCUT2D eigenvalue weighted by atomic mass is 35.5. The van der Waals surface area contributed by atoms with Crippen molar-refractivity contribution in [1.29, 1.82) is 0 Å². The molecule has 4 aliphatic rings. The van der Waals surface area contributed by atoms with Crippen molar-refractivity contribution in [3.63, 3.8) is 0 Å². The number of halogens is 5. The van der Waals surface area contributed by atoms with Gasteiger partial charge in [0.1, 0.15) is 11.5 Å². The number of rotatable bonds is 14. The molecule has 4 fully saturated rings. The summed E-state index contributed by atoms with van der Waals surface area (Å²) in [7, 11) is 3.36. The van der Waals surface area contributed by atoms with Crippen molar-refractivity contribution in [1.82, 2.24) is 19.6 Å². The van der Waals surface area contributed by atoms with Crippen LogP contribution in [0.1, 0.15) is 85.5 Å². The number of hydrogen-bond acceptors (Lipinski definition) is 8. The van der Waals surface area contributed by atoms with Crippen LogP contribution in [0.3, 0.4) is 0 Å². The van der Waals surface area contributed by atoms with Gasteiger partial charge in [-0.3, -0.25) is 9.59 Å². The van der Waals surface area contributed by atoms with Crippen molar-refractivity contribution in [2.24, 2.45) is 11.8 Å². The van der Waals surface area contributed by atoms with Gasteiger partial charge in [-0.1, -0.05) is 53.5 Å². The number of hydrogen-bond donors (Lipinski definition) is 2. The Kier molecular flexibility index (Phi) is 19.9. The lowest BCUT2D eigenvalue weighted by Crippen LogP contribution is -2.45. The maximum absolute atomic E-state index is 13.4. The Morgan fingerprint density at radius 1 is 0.563 bits per heavy atom. The van der Waals surface area contributed by atoms with Gasteiger partial charge in [-0.25, -0.2) is 13.2 Å². The smallest absolute Gasteiger partial charge is 0.246 e. The van der Waals surface area contributed by atoms with Crippen LogP contribution in [0.2, 0.25) is 10.0 Å². The Morgan fingerprint density at radius 3 is 1.34 bits per heavy atom. The van der Waals surface area contributed by atoms with Gasteiger partial charge < -0.3 is 39.3 Å². The molecule has 0 bridgehead atoms. The molecule has 0 radical (unpaired) electrons. The van der Waals surface area contributed by atoms with Crippen LogP contribution in [-0.2, 0) is 9.59 Å². The topological polar surface area (TPSA) is 106 Å². The molecule has 0 spiro atoms. The van der Waals surface area contributed by atoms with E-state index in [-0.39, 0.29) is 35.3 Å². The van der Waals surface area contributed by atoms with Crippen LogP contribution < -0.4 is 9.47 Å². The van der Waals surface area contributed by atoms with Gasteiger partial charge in [-0.05, 0) is 184 Å². The number of aliphatic hydroxyl groups excluding tert-OH is 2. The lowest BCUT2D eigenvalue weighted by atomic mass is 9.88. The van der Waals surface area contributed by atoms with Gasteiger partial charge in [0, 0.05) is 51.4 Å². The summed E-state index contributed by atoms with van der Waals surface area (Å²) in [5.74, 6) is -1.18.